The number of rotatable bonds is 8. The molecule has 2 N–H and O–H groups in total. The van der Waals surface area contributed by atoms with Gasteiger partial charge >= 0.3 is 5.97 Å². The molecule has 8 nitrogen and oxygen atoms in total. The van der Waals surface area contributed by atoms with Crippen LogP contribution >= 0.6 is 0 Å². The molecular formula is C23H33N3O5. The number of carbonyl (C=O) groups excluding carboxylic acids is 4. The van der Waals surface area contributed by atoms with Crippen LogP contribution < -0.4 is 10.6 Å². The average molecular weight is 432 g/mol. The van der Waals surface area contributed by atoms with Gasteiger partial charge in [0.05, 0.1) is 25.1 Å². The van der Waals surface area contributed by atoms with Crippen molar-refractivity contribution in [2.75, 3.05) is 7.11 Å². The SMILES string of the molecule is C.CC.CCC(=O)C(CC(=O)OC)NC(=O)C(C)NC(=O)c1ccc2ccccc2n1. The highest BCUT2D eigenvalue weighted by molar-refractivity contribution is 5.99. The van der Waals surface area contributed by atoms with Crippen molar-refractivity contribution in [1.82, 2.24) is 15.6 Å². The van der Waals surface area contributed by atoms with Gasteiger partial charge in [-0.15, -0.1) is 0 Å². The van der Waals surface area contributed by atoms with Crippen molar-refractivity contribution in [3.05, 3.63) is 42.1 Å². The predicted molar refractivity (Wildman–Crippen MR) is 121 cm³/mol. The van der Waals surface area contributed by atoms with E-state index in [2.05, 4.69) is 20.4 Å². The van der Waals surface area contributed by atoms with Crippen LogP contribution in [0.4, 0.5) is 0 Å². The van der Waals surface area contributed by atoms with E-state index in [0.717, 1.165) is 5.39 Å². The van der Waals surface area contributed by atoms with E-state index in [1.54, 1.807) is 25.1 Å². The third-order valence-corrected chi connectivity index (χ3v) is 4.22. The predicted octanol–water partition coefficient (Wildman–Crippen LogP) is 3.04. The molecule has 8 heteroatoms. The zero-order chi connectivity index (χ0) is 22.7. The molecule has 0 bridgehead atoms. The van der Waals surface area contributed by atoms with E-state index < -0.39 is 29.9 Å². The van der Waals surface area contributed by atoms with Crippen LogP contribution in [-0.4, -0.2) is 47.7 Å². The molecule has 2 aromatic rings. The first-order valence-corrected chi connectivity index (χ1v) is 9.92. The Kier molecular flexibility index (Phi) is 12.4. The lowest BCUT2D eigenvalue weighted by molar-refractivity contribution is -0.143. The second-order valence-corrected chi connectivity index (χ2v) is 6.25. The molecule has 2 atom stereocenters. The Hall–Kier alpha value is -3.29. The van der Waals surface area contributed by atoms with Crippen molar-refractivity contribution in [2.24, 2.45) is 0 Å². The average Bonchev–Trinajstić information content (AvgIpc) is 2.78. The number of hydrogen-bond acceptors (Lipinski definition) is 6. The van der Waals surface area contributed by atoms with Crippen LogP contribution in [0.3, 0.4) is 0 Å². The fraction of sp³-hybridized carbons (Fsp3) is 0.435. The van der Waals surface area contributed by atoms with E-state index in [4.69, 9.17) is 0 Å². The van der Waals surface area contributed by atoms with E-state index in [-0.39, 0.29) is 31.7 Å². The monoisotopic (exact) mass is 431 g/mol. The van der Waals surface area contributed by atoms with Crippen LogP contribution in [0.1, 0.15) is 58.5 Å². The second kappa shape index (κ2) is 13.8. The Balaban J connectivity index is 0.00000291. The van der Waals surface area contributed by atoms with Crippen LogP contribution in [-0.2, 0) is 19.1 Å². The lowest BCUT2D eigenvalue weighted by atomic mass is 10.1. The molecule has 2 unspecified atom stereocenters. The smallest absolute Gasteiger partial charge is 0.308 e. The van der Waals surface area contributed by atoms with Crippen molar-refractivity contribution in [1.29, 1.82) is 0 Å². The highest BCUT2D eigenvalue weighted by Gasteiger charge is 2.26. The normalized spacial score (nSPS) is 11.6. The number of esters is 1. The number of benzene rings is 1. The number of nitrogens with zero attached hydrogens (tertiary/aromatic N) is 1. The third kappa shape index (κ3) is 8.16. The van der Waals surface area contributed by atoms with Gasteiger partial charge in [0.2, 0.25) is 5.91 Å². The number of methoxy groups -OCH3 is 1. The van der Waals surface area contributed by atoms with E-state index in [0.29, 0.717) is 5.52 Å². The molecule has 31 heavy (non-hydrogen) atoms. The van der Waals surface area contributed by atoms with Gasteiger partial charge in [0.1, 0.15) is 11.7 Å². The number of amides is 2. The lowest BCUT2D eigenvalue weighted by Crippen LogP contribution is -2.51. The molecule has 0 spiro atoms. The molecule has 0 saturated heterocycles. The summed E-state index contributed by atoms with van der Waals surface area (Å²) in [4.78, 5) is 52.5. The first-order chi connectivity index (χ1) is 14.3. The number of pyridine rings is 1. The largest absolute Gasteiger partial charge is 0.469 e. The summed E-state index contributed by atoms with van der Waals surface area (Å²) in [7, 11) is 1.21. The van der Waals surface area contributed by atoms with Gasteiger partial charge in [0, 0.05) is 11.8 Å². The summed E-state index contributed by atoms with van der Waals surface area (Å²) >= 11 is 0. The van der Waals surface area contributed by atoms with Gasteiger partial charge in [-0.2, -0.15) is 0 Å². The summed E-state index contributed by atoms with van der Waals surface area (Å²) in [5.74, 6) is -2.00. The Morgan fingerprint density at radius 3 is 2.29 bits per heavy atom. The molecule has 1 aromatic carbocycles. The highest BCUT2D eigenvalue weighted by Crippen LogP contribution is 2.11. The number of carbonyl (C=O) groups is 4. The van der Waals surface area contributed by atoms with E-state index in [9.17, 15) is 19.2 Å². The number of fused-ring (bicyclic) bond motifs is 1. The number of nitrogens with one attached hydrogen (secondary N) is 2. The maximum absolute atomic E-state index is 12.4. The Morgan fingerprint density at radius 1 is 1.03 bits per heavy atom. The van der Waals surface area contributed by atoms with Gasteiger partial charge in [0.15, 0.2) is 5.78 Å². The number of hydrogen-bond donors (Lipinski definition) is 2. The number of aromatic nitrogens is 1. The van der Waals surface area contributed by atoms with Crippen molar-refractivity contribution >= 4 is 34.5 Å². The summed E-state index contributed by atoms with van der Waals surface area (Å²) in [6, 6.07) is 8.78. The lowest BCUT2D eigenvalue weighted by Gasteiger charge is -2.19. The topological polar surface area (TPSA) is 114 Å². The van der Waals surface area contributed by atoms with Gasteiger partial charge in [-0.1, -0.05) is 52.5 Å². The molecule has 0 aliphatic rings. The van der Waals surface area contributed by atoms with Gasteiger partial charge < -0.3 is 15.4 Å². The first kappa shape index (κ1) is 27.7. The molecule has 170 valence electrons. The number of ketones is 1. The second-order valence-electron chi connectivity index (χ2n) is 6.25. The summed E-state index contributed by atoms with van der Waals surface area (Å²) in [5, 5.41) is 5.94. The van der Waals surface area contributed by atoms with E-state index in [1.165, 1.54) is 14.0 Å². The standard InChI is InChI=1S/C20H23N3O5.C2H6.CH4/c1-4-17(24)16(11-18(25)28-3)23-19(26)12(2)21-20(27)15-10-9-13-7-5-6-8-14(13)22-15;1-2;/h5-10,12,16H,4,11H2,1-3H3,(H,21,27)(H,23,26);1-2H3;1H4. The molecule has 0 aliphatic heterocycles. The molecule has 2 rings (SSSR count). The molecule has 1 aromatic heterocycles. The van der Waals surface area contributed by atoms with Gasteiger partial charge in [-0.3, -0.25) is 19.2 Å². The van der Waals surface area contributed by atoms with Crippen LogP contribution in [0.5, 0.6) is 0 Å². The molecule has 0 fully saturated rings. The molecule has 0 aliphatic carbocycles. The Labute approximate surface area is 183 Å². The van der Waals surface area contributed by atoms with E-state index >= 15 is 0 Å². The zero-order valence-electron chi connectivity index (χ0n) is 18.0. The van der Waals surface area contributed by atoms with E-state index in [1.807, 2.05) is 32.0 Å². The summed E-state index contributed by atoms with van der Waals surface area (Å²) < 4.78 is 4.55. The quantitative estimate of drug-likeness (QED) is 0.621. The summed E-state index contributed by atoms with van der Waals surface area (Å²) in [6.45, 7) is 7.12. The third-order valence-electron chi connectivity index (χ3n) is 4.22. The van der Waals surface area contributed by atoms with Crippen molar-refractivity contribution in [2.45, 2.75) is 60.0 Å². The molecule has 0 saturated carbocycles. The summed E-state index contributed by atoms with van der Waals surface area (Å²) in [5.41, 5.74) is 0.841. The molecule has 0 radical (unpaired) electrons. The zero-order valence-corrected chi connectivity index (χ0v) is 18.0. The number of ether oxygens (including phenoxy) is 1. The maximum atomic E-state index is 12.4. The van der Waals surface area contributed by atoms with Crippen molar-refractivity contribution < 1.29 is 23.9 Å². The van der Waals surface area contributed by atoms with Crippen molar-refractivity contribution in [3.8, 4) is 0 Å². The van der Waals surface area contributed by atoms with Gasteiger partial charge in [0.25, 0.3) is 5.91 Å². The van der Waals surface area contributed by atoms with Gasteiger partial charge in [-0.05, 0) is 19.1 Å². The highest BCUT2D eigenvalue weighted by atomic mass is 16.5. The fourth-order valence-electron chi connectivity index (χ4n) is 2.57. The molecule has 1 heterocycles. The maximum Gasteiger partial charge on any atom is 0.308 e. The van der Waals surface area contributed by atoms with Crippen molar-refractivity contribution in [3.63, 3.8) is 0 Å². The molecule has 2 amide bonds. The number of para-hydroxylation sites is 1. The van der Waals surface area contributed by atoms with Gasteiger partial charge in [-0.25, -0.2) is 4.98 Å². The minimum Gasteiger partial charge on any atom is -0.469 e. The minimum absolute atomic E-state index is 0. The van der Waals surface area contributed by atoms with Crippen LogP contribution in [0.25, 0.3) is 10.9 Å². The summed E-state index contributed by atoms with van der Waals surface area (Å²) in [6.07, 6.45) is -0.106. The van der Waals surface area contributed by atoms with Crippen LogP contribution in [0, 0.1) is 0 Å². The fourth-order valence-corrected chi connectivity index (χ4v) is 2.57. The van der Waals surface area contributed by atoms with Crippen LogP contribution in [0.2, 0.25) is 0 Å². The minimum atomic E-state index is -0.997. The Morgan fingerprint density at radius 2 is 1.68 bits per heavy atom. The van der Waals surface area contributed by atoms with Crippen LogP contribution in [0.15, 0.2) is 36.4 Å². The molecular weight excluding hydrogens is 398 g/mol. The first-order valence-electron chi connectivity index (χ1n) is 9.92. The number of Topliss-reactive ketones (excluding diaryl/α,β-unsaturated/α-hetero) is 1. The Bertz CT molecular complexity index is 898.